The second-order valence-corrected chi connectivity index (χ2v) is 11.2. The van der Waals surface area contributed by atoms with Gasteiger partial charge >= 0.3 is 12.8 Å². The van der Waals surface area contributed by atoms with Crippen LogP contribution in [-0.4, -0.2) is 48.3 Å². The number of carbonyl (C=O) groups is 2. The van der Waals surface area contributed by atoms with Crippen LogP contribution < -0.4 is 10.1 Å². The monoisotopic (exact) mass is 718 g/mol. The molecule has 2 heterocycles. The molecule has 0 unspecified atom stereocenters. The van der Waals surface area contributed by atoms with E-state index in [1.165, 1.54) is 48.5 Å². The van der Waals surface area contributed by atoms with Crippen molar-refractivity contribution in [1.29, 1.82) is 5.26 Å². The first-order valence-corrected chi connectivity index (χ1v) is 14.8. The van der Waals surface area contributed by atoms with Gasteiger partial charge in [-0.1, -0.05) is 47.5 Å². The number of alkyl halides is 5. The van der Waals surface area contributed by atoms with Gasteiger partial charge in [0.25, 0.3) is 11.7 Å². The molecule has 0 atom stereocenters. The Hall–Kier alpha value is -5.40. The molecule has 0 bridgehead atoms. The van der Waals surface area contributed by atoms with Gasteiger partial charge in [0.15, 0.2) is 5.78 Å². The zero-order chi connectivity index (χ0) is 35.5. The number of hydrogen-bond acceptors (Lipinski definition) is 8. The Kier molecular flexibility index (Phi) is 10.2. The number of Topliss-reactive ketones (excluding diaryl/α,β-unsaturated/α-hetero) is 1. The fourth-order valence-electron chi connectivity index (χ4n) is 4.84. The number of carbonyl (C=O) groups excluding carboxylic acids is 2. The Morgan fingerprint density at radius 3 is 2.41 bits per heavy atom. The van der Waals surface area contributed by atoms with E-state index in [-0.39, 0.29) is 61.7 Å². The van der Waals surface area contributed by atoms with Gasteiger partial charge in [0.05, 0.1) is 27.4 Å². The lowest BCUT2D eigenvalue weighted by atomic mass is 9.93. The highest BCUT2D eigenvalue weighted by atomic mass is 35.5. The van der Waals surface area contributed by atoms with E-state index in [2.05, 4.69) is 30.6 Å². The summed E-state index contributed by atoms with van der Waals surface area (Å²) in [4.78, 5) is 28.2. The summed E-state index contributed by atoms with van der Waals surface area (Å²) in [5, 5.41) is 26.5. The third-order valence-corrected chi connectivity index (χ3v) is 7.63. The average Bonchev–Trinajstić information content (AvgIpc) is 3.69. The van der Waals surface area contributed by atoms with Crippen molar-refractivity contribution in [3.63, 3.8) is 0 Å². The minimum Gasteiger partial charge on any atom is -0.434 e. The largest absolute Gasteiger partial charge is 0.455 e. The van der Waals surface area contributed by atoms with Crippen molar-refractivity contribution in [3.8, 4) is 17.5 Å². The Labute approximate surface area is 283 Å². The van der Waals surface area contributed by atoms with E-state index in [1.807, 2.05) is 6.07 Å². The van der Waals surface area contributed by atoms with Crippen molar-refractivity contribution in [2.24, 2.45) is 0 Å². The number of aromatic nitrogens is 6. The number of nitrogens with zero attached hydrogens (tertiary/aromatic N) is 7. The van der Waals surface area contributed by atoms with E-state index >= 15 is 0 Å². The smallest absolute Gasteiger partial charge is 0.434 e. The number of rotatable bonds is 11. The molecular weight excluding hydrogens is 698 g/mol. The molecule has 1 N–H and O–H groups in total. The second-order valence-electron chi connectivity index (χ2n) is 10.3. The molecular formula is C31H21Cl2F5N8O3. The van der Waals surface area contributed by atoms with Crippen LogP contribution in [0, 0.1) is 18.3 Å². The number of ketones is 1. The van der Waals surface area contributed by atoms with E-state index in [9.17, 15) is 36.8 Å². The highest BCUT2D eigenvalue weighted by Gasteiger charge is 2.37. The van der Waals surface area contributed by atoms with Crippen molar-refractivity contribution in [1.82, 2.24) is 35.3 Å². The quantitative estimate of drug-likeness (QED) is 0.123. The Balaban J connectivity index is 1.50. The molecule has 5 rings (SSSR count). The van der Waals surface area contributed by atoms with Crippen LogP contribution in [0.3, 0.4) is 0 Å². The summed E-state index contributed by atoms with van der Waals surface area (Å²) in [6.45, 7) is -2.14. The third-order valence-electron chi connectivity index (χ3n) is 7.02. The van der Waals surface area contributed by atoms with Crippen molar-refractivity contribution in [3.05, 3.63) is 116 Å². The van der Waals surface area contributed by atoms with Crippen LogP contribution in [0.15, 0.2) is 60.7 Å². The number of benzene rings is 3. The number of halogens is 7. The standard InChI is InChI=1S/C31H21Cl2F5N8O3/c1-16-9-17(13-39)10-21(28(48)40-14-18-5-2-3-8-26(18)49-30(34)35)20(16)12-25(47)24-11-19(15-45-43-29(41-44-45)31(36,37)38)42-46(24)27-22(32)6-4-7-23(27)33/h2-11,30H,12,14-15H2,1H3,(H,40,48). The maximum Gasteiger partial charge on any atom is 0.455 e. The molecule has 0 saturated carbocycles. The summed E-state index contributed by atoms with van der Waals surface area (Å²) >= 11 is 12.8. The molecule has 0 saturated heterocycles. The molecule has 18 heteroatoms. The zero-order valence-electron chi connectivity index (χ0n) is 25.0. The van der Waals surface area contributed by atoms with Gasteiger partial charge in [-0.3, -0.25) is 9.59 Å². The van der Waals surface area contributed by atoms with Crippen LogP contribution in [0.1, 0.15) is 54.6 Å². The number of nitriles is 1. The SMILES string of the molecule is Cc1cc(C#N)cc(C(=O)NCc2ccccc2OC(F)F)c1CC(=O)c1cc(Cn2nnc(C(F)(F)F)n2)nn1-c1c(Cl)cccc1Cl. The fraction of sp³-hybridized carbons (Fsp3) is 0.194. The van der Waals surface area contributed by atoms with Gasteiger partial charge in [-0.15, -0.1) is 10.2 Å². The van der Waals surface area contributed by atoms with E-state index in [4.69, 9.17) is 23.2 Å². The Morgan fingerprint density at radius 2 is 1.76 bits per heavy atom. The van der Waals surface area contributed by atoms with Gasteiger partial charge in [0, 0.05) is 24.1 Å². The number of nitrogens with one attached hydrogen (secondary N) is 1. The first-order valence-electron chi connectivity index (χ1n) is 14.0. The predicted molar refractivity (Wildman–Crippen MR) is 164 cm³/mol. The van der Waals surface area contributed by atoms with E-state index in [0.29, 0.717) is 10.4 Å². The minimum absolute atomic E-state index is 0.0364. The minimum atomic E-state index is -4.84. The van der Waals surface area contributed by atoms with Crippen LogP contribution in [0.5, 0.6) is 5.75 Å². The van der Waals surface area contributed by atoms with E-state index in [1.54, 1.807) is 19.1 Å². The molecule has 5 aromatic rings. The highest BCUT2D eigenvalue weighted by Crippen LogP contribution is 2.31. The molecule has 0 aliphatic carbocycles. The number of aryl methyl sites for hydroxylation is 1. The molecule has 0 fully saturated rings. The van der Waals surface area contributed by atoms with Gasteiger partial charge in [-0.2, -0.15) is 37.1 Å². The molecule has 0 radical (unpaired) electrons. The maximum atomic E-state index is 14.0. The molecule has 252 valence electrons. The van der Waals surface area contributed by atoms with Gasteiger partial charge in [-0.05, 0) is 59.7 Å². The summed E-state index contributed by atoms with van der Waals surface area (Å²) in [6, 6.07) is 16.4. The molecule has 0 aliphatic heterocycles. The lowest BCUT2D eigenvalue weighted by molar-refractivity contribution is -0.145. The van der Waals surface area contributed by atoms with E-state index in [0.717, 1.165) is 4.68 Å². The topological polar surface area (TPSA) is 141 Å². The number of ether oxygens (including phenoxy) is 1. The summed E-state index contributed by atoms with van der Waals surface area (Å²) in [5.41, 5.74) is 1.01. The van der Waals surface area contributed by atoms with Gasteiger partial charge < -0.3 is 10.1 Å². The van der Waals surface area contributed by atoms with Gasteiger partial charge in [0.2, 0.25) is 0 Å². The fourth-order valence-corrected chi connectivity index (χ4v) is 5.40. The van der Waals surface area contributed by atoms with Crippen LogP contribution in [0.2, 0.25) is 10.0 Å². The molecule has 11 nitrogen and oxygen atoms in total. The van der Waals surface area contributed by atoms with Crippen molar-refractivity contribution < 1.29 is 36.3 Å². The normalized spacial score (nSPS) is 11.4. The Bertz CT molecular complexity index is 2070. The molecule has 1 amide bonds. The molecule has 0 aliphatic rings. The highest BCUT2D eigenvalue weighted by molar-refractivity contribution is 6.37. The number of amides is 1. The van der Waals surface area contributed by atoms with Crippen molar-refractivity contribution in [2.45, 2.75) is 39.2 Å². The van der Waals surface area contributed by atoms with Crippen molar-refractivity contribution in [2.75, 3.05) is 0 Å². The summed E-state index contributed by atoms with van der Waals surface area (Å²) < 4.78 is 70.6. The lowest BCUT2D eigenvalue weighted by Gasteiger charge is -2.15. The van der Waals surface area contributed by atoms with Crippen LogP contribution in [0.25, 0.3) is 5.69 Å². The van der Waals surface area contributed by atoms with Gasteiger partial charge in [-0.25, -0.2) is 4.68 Å². The number of hydrogen-bond donors (Lipinski definition) is 1. The third kappa shape index (κ3) is 8.02. The predicted octanol–water partition coefficient (Wildman–Crippen LogP) is 6.37. The van der Waals surface area contributed by atoms with Crippen LogP contribution >= 0.6 is 23.2 Å². The molecule has 2 aromatic heterocycles. The number of para-hydroxylation sites is 2. The van der Waals surface area contributed by atoms with Crippen LogP contribution in [0.4, 0.5) is 22.0 Å². The second kappa shape index (κ2) is 14.4. The first kappa shape index (κ1) is 34.9. The Morgan fingerprint density at radius 1 is 1.04 bits per heavy atom. The summed E-state index contributed by atoms with van der Waals surface area (Å²) in [5.74, 6) is -2.94. The first-order chi connectivity index (χ1) is 23.2. The van der Waals surface area contributed by atoms with E-state index < -0.39 is 43.3 Å². The lowest BCUT2D eigenvalue weighted by Crippen LogP contribution is -2.26. The molecule has 0 spiro atoms. The average molecular weight is 719 g/mol. The van der Waals surface area contributed by atoms with Crippen molar-refractivity contribution >= 4 is 34.9 Å². The van der Waals surface area contributed by atoms with Gasteiger partial charge in [0.1, 0.15) is 23.7 Å². The maximum absolute atomic E-state index is 14.0. The molecule has 49 heavy (non-hydrogen) atoms. The van der Waals surface area contributed by atoms with Crippen LogP contribution in [-0.2, 0) is 25.7 Å². The number of tetrazole rings is 1. The zero-order valence-corrected chi connectivity index (χ0v) is 26.5. The summed E-state index contributed by atoms with van der Waals surface area (Å²) in [6.07, 6.45) is -5.26. The molecule has 3 aromatic carbocycles. The summed E-state index contributed by atoms with van der Waals surface area (Å²) in [7, 11) is 0.